The van der Waals surface area contributed by atoms with Crippen LogP contribution in [-0.4, -0.2) is 20.8 Å². The van der Waals surface area contributed by atoms with Crippen molar-refractivity contribution in [2.45, 2.75) is 13.3 Å². The van der Waals surface area contributed by atoms with Crippen LogP contribution in [0.3, 0.4) is 0 Å². The van der Waals surface area contributed by atoms with E-state index >= 15 is 0 Å². The van der Waals surface area contributed by atoms with Crippen LogP contribution in [-0.2, 0) is 10.0 Å². The van der Waals surface area contributed by atoms with Crippen molar-refractivity contribution >= 4 is 10.0 Å². The maximum atomic E-state index is 10.6. The number of hydrogen-bond donors (Lipinski definition) is 1. The van der Waals surface area contributed by atoms with E-state index in [9.17, 15) is 8.42 Å². The minimum atomic E-state index is -3.37. The molecule has 1 aromatic carbocycles. The molecule has 15 heavy (non-hydrogen) atoms. The lowest BCUT2D eigenvalue weighted by molar-refractivity contribution is 0.317. The minimum absolute atomic E-state index is 0.0428. The Morgan fingerprint density at radius 1 is 1.27 bits per heavy atom. The van der Waals surface area contributed by atoms with E-state index in [1.54, 1.807) is 0 Å². The smallest absolute Gasteiger partial charge is 0.209 e. The van der Waals surface area contributed by atoms with Gasteiger partial charge in [0.25, 0.3) is 0 Å². The van der Waals surface area contributed by atoms with Gasteiger partial charge in [-0.05, 0) is 25.5 Å². The second kappa shape index (κ2) is 5.14. The maximum absolute atomic E-state index is 10.6. The van der Waals surface area contributed by atoms with Crippen molar-refractivity contribution in [3.05, 3.63) is 29.8 Å². The van der Waals surface area contributed by atoms with Gasteiger partial charge in [-0.3, -0.25) is 0 Å². The Hall–Kier alpha value is -1.07. The van der Waals surface area contributed by atoms with Crippen molar-refractivity contribution in [1.29, 1.82) is 0 Å². The van der Waals surface area contributed by atoms with Crippen LogP contribution < -0.4 is 9.88 Å². The predicted molar refractivity (Wildman–Crippen MR) is 59.3 cm³/mol. The van der Waals surface area contributed by atoms with E-state index in [0.29, 0.717) is 13.0 Å². The highest BCUT2D eigenvalue weighted by Crippen LogP contribution is 2.11. The molecule has 0 saturated carbocycles. The van der Waals surface area contributed by atoms with Crippen molar-refractivity contribution in [3.63, 3.8) is 0 Å². The van der Waals surface area contributed by atoms with Crippen LogP contribution in [0.2, 0.25) is 0 Å². The Kier molecular flexibility index (Phi) is 4.11. The summed E-state index contributed by atoms with van der Waals surface area (Å²) in [5, 5.41) is 4.85. The molecule has 0 aromatic heterocycles. The lowest BCUT2D eigenvalue weighted by Gasteiger charge is -2.05. The van der Waals surface area contributed by atoms with Crippen molar-refractivity contribution in [2.24, 2.45) is 5.14 Å². The third-order valence-electron chi connectivity index (χ3n) is 1.86. The summed E-state index contributed by atoms with van der Waals surface area (Å²) in [6.07, 6.45) is 0.409. The lowest BCUT2D eigenvalue weighted by Crippen LogP contribution is -2.18. The summed E-state index contributed by atoms with van der Waals surface area (Å²) in [6.45, 7) is 2.35. The Bertz CT molecular complexity index is 397. The Morgan fingerprint density at radius 3 is 2.40 bits per heavy atom. The minimum Gasteiger partial charge on any atom is -0.494 e. The summed E-state index contributed by atoms with van der Waals surface area (Å²) in [5.41, 5.74) is 1.16. The van der Waals surface area contributed by atoms with Crippen LogP contribution in [0.5, 0.6) is 5.75 Å². The van der Waals surface area contributed by atoms with Gasteiger partial charge in [-0.25, -0.2) is 13.6 Å². The number of aryl methyl sites for hydroxylation is 1. The molecule has 84 valence electrons. The molecule has 0 spiro atoms. The van der Waals surface area contributed by atoms with Crippen LogP contribution >= 0.6 is 0 Å². The number of nitrogens with two attached hydrogens (primary N) is 1. The highest BCUT2D eigenvalue weighted by Gasteiger charge is 2.01. The highest BCUT2D eigenvalue weighted by atomic mass is 32.2. The summed E-state index contributed by atoms with van der Waals surface area (Å²) in [4.78, 5) is 0. The molecule has 0 bridgehead atoms. The van der Waals surface area contributed by atoms with Crippen LogP contribution in [0.4, 0.5) is 0 Å². The van der Waals surface area contributed by atoms with Crippen molar-refractivity contribution in [2.75, 3.05) is 12.4 Å². The van der Waals surface area contributed by atoms with Gasteiger partial charge in [0, 0.05) is 0 Å². The largest absolute Gasteiger partial charge is 0.494 e. The molecular weight excluding hydrogens is 214 g/mol. The van der Waals surface area contributed by atoms with Gasteiger partial charge in [0.1, 0.15) is 5.75 Å². The lowest BCUT2D eigenvalue weighted by atomic mass is 10.2. The second-order valence-electron chi connectivity index (χ2n) is 3.38. The second-order valence-corrected chi connectivity index (χ2v) is 5.12. The zero-order valence-corrected chi connectivity index (χ0v) is 9.46. The Balaban J connectivity index is 2.29. The summed E-state index contributed by atoms with van der Waals surface area (Å²) in [5.74, 6) is 0.703. The molecule has 0 radical (unpaired) electrons. The van der Waals surface area contributed by atoms with Crippen LogP contribution in [0, 0.1) is 6.92 Å². The van der Waals surface area contributed by atoms with Crippen LogP contribution in [0.25, 0.3) is 0 Å². The van der Waals surface area contributed by atoms with Gasteiger partial charge in [0.05, 0.1) is 12.4 Å². The normalized spacial score (nSPS) is 11.3. The first-order chi connectivity index (χ1) is 6.97. The zero-order chi connectivity index (χ0) is 11.3. The van der Waals surface area contributed by atoms with Crippen LogP contribution in [0.1, 0.15) is 12.0 Å². The van der Waals surface area contributed by atoms with Gasteiger partial charge < -0.3 is 4.74 Å². The van der Waals surface area contributed by atoms with Gasteiger partial charge in [0.2, 0.25) is 10.0 Å². The summed E-state index contributed by atoms with van der Waals surface area (Å²) in [7, 11) is -3.37. The fraction of sp³-hybridized carbons (Fsp3) is 0.400. The van der Waals surface area contributed by atoms with Crippen molar-refractivity contribution in [1.82, 2.24) is 0 Å². The standard InChI is InChI=1S/C10H15NO3S/c1-9-3-5-10(6-4-9)14-7-2-8-15(11,12)13/h3-6H,2,7-8H2,1H3,(H2,11,12,13). The molecular formula is C10H15NO3S. The highest BCUT2D eigenvalue weighted by molar-refractivity contribution is 7.89. The molecule has 2 N–H and O–H groups in total. The van der Waals surface area contributed by atoms with E-state index < -0.39 is 10.0 Å². The summed E-state index contributed by atoms with van der Waals surface area (Å²) in [6, 6.07) is 7.59. The van der Waals surface area contributed by atoms with Crippen LogP contribution in [0.15, 0.2) is 24.3 Å². The molecule has 0 aliphatic rings. The Labute approximate surface area is 90.1 Å². The number of ether oxygens (including phenoxy) is 1. The topological polar surface area (TPSA) is 69.4 Å². The first-order valence-electron chi connectivity index (χ1n) is 4.67. The third kappa shape index (κ3) is 5.39. The average Bonchev–Trinajstić information content (AvgIpc) is 2.14. The maximum Gasteiger partial charge on any atom is 0.209 e. The molecule has 0 saturated heterocycles. The van der Waals surface area contributed by atoms with Gasteiger partial charge in [-0.15, -0.1) is 0 Å². The quantitative estimate of drug-likeness (QED) is 0.767. The number of rotatable bonds is 5. The summed E-state index contributed by atoms with van der Waals surface area (Å²) < 4.78 is 26.6. The molecule has 4 nitrogen and oxygen atoms in total. The molecule has 0 aliphatic carbocycles. The van der Waals surface area contributed by atoms with Crippen molar-refractivity contribution in [3.8, 4) is 5.75 Å². The number of primary sulfonamides is 1. The molecule has 0 fully saturated rings. The van der Waals surface area contributed by atoms with Crippen molar-refractivity contribution < 1.29 is 13.2 Å². The molecule has 0 unspecified atom stereocenters. The van der Waals surface area contributed by atoms with E-state index in [0.717, 1.165) is 11.3 Å². The average molecular weight is 229 g/mol. The molecule has 5 heteroatoms. The van der Waals surface area contributed by atoms with E-state index in [1.807, 2.05) is 31.2 Å². The van der Waals surface area contributed by atoms with Gasteiger partial charge in [-0.1, -0.05) is 17.7 Å². The van der Waals surface area contributed by atoms with E-state index in [4.69, 9.17) is 9.88 Å². The molecule has 0 aliphatic heterocycles. The molecule has 1 aromatic rings. The van der Waals surface area contributed by atoms with Gasteiger partial charge in [0.15, 0.2) is 0 Å². The third-order valence-corrected chi connectivity index (χ3v) is 2.72. The molecule has 0 amide bonds. The zero-order valence-electron chi connectivity index (χ0n) is 8.64. The predicted octanol–water partition coefficient (Wildman–Crippen LogP) is 1.05. The van der Waals surface area contributed by atoms with E-state index in [1.165, 1.54) is 0 Å². The number of benzene rings is 1. The number of hydrogen-bond acceptors (Lipinski definition) is 3. The fourth-order valence-electron chi connectivity index (χ4n) is 1.08. The summed E-state index contributed by atoms with van der Waals surface area (Å²) >= 11 is 0. The first kappa shape index (κ1) is 12.0. The van der Waals surface area contributed by atoms with Gasteiger partial charge >= 0.3 is 0 Å². The monoisotopic (exact) mass is 229 g/mol. The SMILES string of the molecule is Cc1ccc(OCCCS(N)(=O)=O)cc1. The van der Waals surface area contributed by atoms with Gasteiger partial charge in [-0.2, -0.15) is 0 Å². The first-order valence-corrected chi connectivity index (χ1v) is 6.39. The Morgan fingerprint density at radius 2 is 1.87 bits per heavy atom. The molecule has 1 rings (SSSR count). The van der Waals surface area contributed by atoms with E-state index in [2.05, 4.69) is 0 Å². The fourth-order valence-corrected chi connectivity index (χ4v) is 1.60. The molecule has 0 atom stereocenters. The number of sulfonamides is 1. The van der Waals surface area contributed by atoms with E-state index in [-0.39, 0.29) is 5.75 Å². The molecule has 0 heterocycles.